The van der Waals surface area contributed by atoms with Crippen molar-refractivity contribution in [2.75, 3.05) is 41.3 Å². The Hall–Kier alpha value is -4.36. The number of halogens is 1. The van der Waals surface area contributed by atoms with Gasteiger partial charge in [-0.05, 0) is 19.9 Å². The fourth-order valence-corrected chi connectivity index (χ4v) is 4.25. The number of benzene rings is 4. The zero-order valence-corrected chi connectivity index (χ0v) is 28.7. The summed E-state index contributed by atoms with van der Waals surface area (Å²) in [7, 11) is 8.85. The normalized spacial score (nSPS) is 10.6. The molecule has 0 amide bonds. The van der Waals surface area contributed by atoms with Gasteiger partial charge in [0, 0.05) is 33.4 Å². The summed E-state index contributed by atoms with van der Waals surface area (Å²) in [5.41, 5.74) is 5.52. The van der Waals surface area contributed by atoms with Gasteiger partial charge >= 0.3 is 0 Å². The monoisotopic (exact) mass is 642 g/mol. The summed E-state index contributed by atoms with van der Waals surface area (Å²) in [5, 5.41) is 9.14. The molecule has 0 saturated heterocycles. The highest BCUT2D eigenvalue weighted by Gasteiger charge is 2.15. The molecule has 0 unspecified atom stereocenters. The molecule has 4 aromatic rings. The van der Waals surface area contributed by atoms with E-state index in [9.17, 15) is 9.59 Å². The molecule has 0 aliphatic rings. The highest BCUT2D eigenvalue weighted by molar-refractivity contribution is 6.09. The molecule has 4 rings (SSSR count). The van der Waals surface area contributed by atoms with Gasteiger partial charge < -0.3 is 31.3 Å². The maximum absolute atomic E-state index is 12.3. The van der Waals surface area contributed by atoms with Gasteiger partial charge in [0.15, 0.2) is 11.6 Å². The molecule has 0 aliphatic carbocycles. The van der Waals surface area contributed by atoms with Gasteiger partial charge in [0.05, 0.1) is 47.2 Å². The van der Waals surface area contributed by atoms with E-state index in [0.29, 0.717) is 0 Å². The number of carbonyl (C=O) groups is 3. The van der Waals surface area contributed by atoms with E-state index in [1.54, 1.807) is 0 Å². The van der Waals surface area contributed by atoms with Crippen LogP contribution in [0.3, 0.4) is 0 Å². The minimum atomic E-state index is -1.23. The molecule has 6 nitrogen and oxygen atoms in total. The van der Waals surface area contributed by atoms with Crippen LogP contribution < -0.4 is 17.5 Å². The lowest BCUT2D eigenvalue weighted by molar-refractivity contribution is -0.901. The van der Waals surface area contributed by atoms with Crippen molar-refractivity contribution < 1.29 is 40.9 Å². The maximum Gasteiger partial charge on any atom is 0.193 e. The minimum Gasteiger partial charge on any atom is -1.00 e. The first-order chi connectivity index (χ1) is 21.3. The predicted molar refractivity (Wildman–Crippen MR) is 181 cm³/mol. The molecule has 0 spiro atoms. The highest BCUT2D eigenvalue weighted by atomic mass is 35.5. The molecule has 0 radical (unpaired) electrons. The Bertz CT molecular complexity index is 1410. The smallest absolute Gasteiger partial charge is 0.193 e. The van der Waals surface area contributed by atoms with E-state index in [1.165, 1.54) is 11.1 Å². The second kappa shape index (κ2) is 19.2. The third kappa shape index (κ3) is 13.7. The molecule has 4 aromatic carbocycles. The van der Waals surface area contributed by atoms with Crippen molar-refractivity contribution in [2.45, 2.75) is 26.9 Å². The Morgan fingerprint density at radius 1 is 0.565 bits per heavy atom. The van der Waals surface area contributed by atoms with E-state index < -0.39 is 5.97 Å². The summed E-state index contributed by atoms with van der Waals surface area (Å²) in [5.74, 6) is -1.06. The number of aliphatic carboxylic acids is 1. The van der Waals surface area contributed by atoms with E-state index >= 15 is 0 Å². The number of carbonyl (C=O) groups excluding carboxylic acids is 3. The largest absolute Gasteiger partial charge is 1.00 e. The third-order valence-electron chi connectivity index (χ3n) is 7.60. The molecule has 0 saturated carbocycles. The lowest BCUT2D eigenvalue weighted by Gasteiger charge is -2.28. The fraction of sp³-hybridized carbons (Fsp3) is 0.256. The molecule has 244 valence electrons. The number of carboxylic acid groups (broad SMARTS) is 1. The molecule has 0 bridgehead atoms. The first kappa shape index (κ1) is 39.7. The molecule has 0 N–H and O–H groups in total. The Kier molecular flexibility index (Phi) is 16.6. The molecule has 46 heavy (non-hydrogen) atoms. The summed E-state index contributed by atoms with van der Waals surface area (Å²) in [6.45, 7) is 11.4. The van der Waals surface area contributed by atoms with Gasteiger partial charge in [0.25, 0.3) is 0 Å². The number of nitrogens with zero attached hydrogens (tertiary/aromatic N) is 2. The van der Waals surface area contributed by atoms with Crippen molar-refractivity contribution in [2.24, 2.45) is 0 Å². The van der Waals surface area contributed by atoms with Crippen molar-refractivity contribution in [3.05, 3.63) is 155 Å². The topological polar surface area (TPSA) is 74.3 Å². The van der Waals surface area contributed by atoms with Gasteiger partial charge in [-0.25, -0.2) is 0 Å². The Morgan fingerprint density at radius 3 is 1.07 bits per heavy atom. The van der Waals surface area contributed by atoms with Crippen LogP contribution in [0, 0.1) is 0 Å². The van der Waals surface area contributed by atoms with Gasteiger partial charge in [0.1, 0.15) is 13.1 Å². The Balaban J connectivity index is 0.000000394. The second-order valence-electron chi connectivity index (χ2n) is 12.1. The van der Waals surface area contributed by atoms with Gasteiger partial charge in [-0.15, -0.1) is 0 Å². The van der Waals surface area contributed by atoms with E-state index in [-0.39, 0.29) is 24.0 Å². The minimum absolute atomic E-state index is 0. The van der Waals surface area contributed by atoms with Crippen LogP contribution in [-0.4, -0.2) is 67.8 Å². The maximum atomic E-state index is 12.3. The summed E-state index contributed by atoms with van der Waals surface area (Å²) in [6, 6.07) is 34.8. The molecule has 0 aromatic heterocycles. The van der Waals surface area contributed by atoms with Crippen LogP contribution in [-0.2, 0) is 17.9 Å². The van der Waals surface area contributed by atoms with Crippen molar-refractivity contribution >= 4 is 17.5 Å². The van der Waals surface area contributed by atoms with Crippen LogP contribution in [0.5, 0.6) is 0 Å². The molecule has 7 heteroatoms. The van der Waals surface area contributed by atoms with Crippen molar-refractivity contribution in [1.29, 1.82) is 0 Å². The quantitative estimate of drug-likeness (QED) is 0.143. The van der Waals surface area contributed by atoms with E-state index in [4.69, 9.17) is 9.90 Å². The van der Waals surface area contributed by atoms with Gasteiger partial charge in [-0.2, -0.15) is 0 Å². The zero-order valence-electron chi connectivity index (χ0n) is 27.9. The highest BCUT2D eigenvalue weighted by Crippen LogP contribution is 2.15. The number of hydrogen-bond acceptors (Lipinski definition) is 4. The summed E-state index contributed by atoms with van der Waals surface area (Å²) in [4.78, 5) is 33.7. The second-order valence-corrected chi connectivity index (χ2v) is 12.1. The first-order valence-electron chi connectivity index (χ1n) is 15.2. The average Bonchev–Trinajstić information content (AvgIpc) is 3.06. The van der Waals surface area contributed by atoms with Crippen LogP contribution in [0.15, 0.2) is 122 Å². The van der Waals surface area contributed by atoms with Crippen LogP contribution in [0.4, 0.5) is 0 Å². The third-order valence-corrected chi connectivity index (χ3v) is 7.60. The molecule has 0 atom stereocenters. The van der Waals surface area contributed by atoms with Crippen molar-refractivity contribution in [3.63, 3.8) is 0 Å². The number of rotatable bonds is 11. The van der Waals surface area contributed by atoms with Gasteiger partial charge in [0.2, 0.25) is 0 Å². The lowest BCUT2D eigenvalue weighted by Crippen LogP contribution is -3.00. The van der Waals surface area contributed by atoms with Crippen LogP contribution >= 0.6 is 0 Å². The Labute approximate surface area is 281 Å². The van der Waals surface area contributed by atoms with E-state index in [2.05, 4.69) is 72.9 Å². The summed E-state index contributed by atoms with van der Waals surface area (Å²) < 4.78 is 1.90. The number of ketones is 2. The summed E-state index contributed by atoms with van der Waals surface area (Å²) in [6.07, 6.45) is 0.722. The molecule has 0 aliphatic heterocycles. The number of quaternary nitrogens is 2. The molecule has 0 fully saturated rings. The zero-order chi connectivity index (χ0) is 33.5. The predicted octanol–water partition coefficient (Wildman–Crippen LogP) is 2.95. The van der Waals surface area contributed by atoms with E-state index in [0.717, 1.165) is 63.5 Å². The first-order valence-corrected chi connectivity index (χ1v) is 15.2. The van der Waals surface area contributed by atoms with Gasteiger partial charge in [-0.1, -0.05) is 116 Å². The standard InChI is InChI=1S/2C18H22NO.C3H4O2.ClH/c2*1-4-19(2,3)14-15-10-12-17(13-11-15)18(20)16-8-6-5-7-9-16;1-2-3(4)5;/h2*5-13H,4,14H2,1-3H3;2H,1H2,(H,4,5);1H/q2*+1;;/p-2. The van der Waals surface area contributed by atoms with Gasteiger partial charge in [-0.3, -0.25) is 9.59 Å². The van der Waals surface area contributed by atoms with Crippen molar-refractivity contribution in [1.82, 2.24) is 0 Å². The lowest BCUT2D eigenvalue weighted by atomic mass is 10.0. The van der Waals surface area contributed by atoms with Crippen LogP contribution in [0.2, 0.25) is 0 Å². The average molecular weight is 643 g/mol. The number of hydrogen-bond donors (Lipinski definition) is 0. The van der Waals surface area contributed by atoms with Crippen LogP contribution in [0.25, 0.3) is 0 Å². The summed E-state index contributed by atoms with van der Waals surface area (Å²) >= 11 is 0. The Morgan fingerprint density at radius 2 is 0.826 bits per heavy atom. The number of carboxylic acids is 1. The SMILES string of the molecule is C=CC(=O)[O-].CC[N+](C)(C)Cc1ccc(C(=O)c2ccccc2)cc1.CC[N+](C)(C)Cc1ccc(C(=O)c2ccccc2)cc1.[Cl-]. The van der Waals surface area contributed by atoms with E-state index in [1.807, 2.05) is 84.9 Å². The van der Waals surface area contributed by atoms with Crippen molar-refractivity contribution in [3.8, 4) is 0 Å². The fourth-order valence-electron chi connectivity index (χ4n) is 4.25. The molecular weight excluding hydrogens is 596 g/mol. The molecule has 0 heterocycles. The van der Waals surface area contributed by atoms with Crippen LogP contribution in [0.1, 0.15) is 56.8 Å². The molecular formula is C39H47ClN2O4.